The summed E-state index contributed by atoms with van der Waals surface area (Å²) >= 11 is 0. The third-order valence-electron chi connectivity index (χ3n) is 3.14. The third-order valence-corrected chi connectivity index (χ3v) is 3.14. The normalized spacial score (nSPS) is 11.2. The van der Waals surface area contributed by atoms with E-state index in [0.717, 1.165) is 18.8 Å². The van der Waals surface area contributed by atoms with Crippen molar-refractivity contribution >= 4 is 11.6 Å². The summed E-state index contributed by atoms with van der Waals surface area (Å²) in [6, 6.07) is 8.24. The Labute approximate surface area is 122 Å². The summed E-state index contributed by atoms with van der Waals surface area (Å²) in [5.41, 5.74) is 2.41. The fourth-order valence-electron chi connectivity index (χ4n) is 1.95. The summed E-state index contributed by atoms with van der Waals surface area (Å²) in [6.45, 7) is 10.5. The van der Waals surface area contributed by atoms with Crippen LogP contribution in [0.5, 0.6) is 0 Å². The van der Waals surface area contributed by atoms with Crippen molar-refractivity contribution in [3.05, 3.63) is 29.8 Å². The van der Waals surface area contributed by atoms with E-state index in [-0.39, 0.29) is 11.4 Å². The fraction of sp³-hybridized carbons (Fsp3) is 0.562. The predicted octanol–water partition coefficient (Wildman–Crippen LogP) is 2.15. The molecule has 0 aliphatic rings. The summed E-state index contributed by atoms with van der Waals surface area (Å²) < 4.78 is 0. The van der Waals surface area contributed by atoms with Gasteiger partial charge in [-0.1, -0.05) is 18.2 Å². The van der Waals surface area contributed by atoms with Crippen LogP contribution in [-0.4, -0.2) is 31.6 Å². The number of hydrogen-bond donors (Lipinski definition) is 2. The molecule has 0 atom stereocenters. The first-order valence-corrected chi connectivity index (χ1v) is 7.16. The molecule has 1 aromatic carbocycles. The third kappa shape index (κ3) is 5.21. The Hall–Kier alpha value is -1.55. The highest BCUT2D eigenvalue weighted by Crippen LogP contribution is 2.20. The van der Waals surface area contributed by atoms with Crippen LogP contribution in [0.25, 0.3) is 0 Å². The second kappa shape index (κ2) is 7.29. The van der Waals surface area contributed by atoms with E-state index in [1.165, 1.54) is 5.56 Å². The van der Waals surface area contributed by atoms with E-state index in [1.54, 1.807) is 7.05 Å². The number of amides is 1. The quantitative estimate of drug-likeness (QED) is 0.837. The van der Waals surface area contributed by atoms with Crippen molar-refractivity contribution in [2.45, 2.75) is 39.8 Å². The van der Waals surface area contributed by atoms with Crippen molar-refractivity contribution < 1.29 is 4.79 Å². The number of nitrogens with zero attached hydrogens (tertiary/aromatic N) is 1. The minimum absolute atomic E-state index is 0.0328. The van der Waals surface area contributed by atoms with Gasteiger partial charge in [-0.15, -0.1) is 0 Å². The second-order valence-corrected chi connectivity index (χ2v) is 5.92. The fourth-order valence-corrected chi connectivity index (χ4v) is 1.95. The van der Waals surface area contributed by atoms with Crippen LogP contribution in [0.2, 0.25) is 0 Å². The largest absolute Gasteiger partial charge is 0.362 e. The molecule has 0 saturated heterocycles. The van der Waals surface area contributed by atoms with Gasteiger partial charge in [-0.2, -0.15) is 0 Å². The van der Waals surface area contributed by atoms with Crippen molar-refractivity contribution in [3.63, 3.8) is 0 Å². The molecule has 0 unspecified atom stereocenters. The van der Waals surface area contributed by atoms with Crippen LogP contribution < -0.4 is 15.5 Å². The van der Waals surface area contributed by atoms with Gasteiger partial charge in [0.25, 0.3) is 0 Å². The number of likely N-dealkylation sites (N-methyl/N-ethyl adjacent to an activating group) is 2. The molecule has 1 rings (SSSR count). The highest BCUT2D eigenvalue weighted by atomic mass is 16.1. The van der Waals surface area contributed by atoms with E-state index >= 15 is 0 Å². The first-order chi connectivity index (χ1) is 9.37. The van der Waals surface area contributed by atoms with E-state index in [4.69, 9.17) is 0 Å². The monoisotopic (exact) mass is 277 g/mol. The Morgan fingerprint density at radius 2 is 1.90 bits per heavy atom. The Bertz CT molecular complexity index is 438. The standard InChI is InChI=1S/C16H27N3O/c1-6-19(12-15(20)17-5)14-10-8-7-9-13(14)11-18-16(2,3)4/h7-10,18H,6,11-12H2,1-5H3,(H,17,20). The number of carbonyl (C=O) groups is 1. The van der Waals surface area contributed by atoms with Crippen LogP contribution in [0, 0.1) is 0 Å². The highest BCUT2D eigenvalue weighted by Gasteiger charge is 2.14. The maximum absolute atomic E-state index is 11.6. The van der Waals surface area contributed by atoms with Crippen molar-refractivity contribution in [1.82, 2.24) is 10.6 Å². The maximum atomic E-state index is 11.6. The number of benzene rings is 1. The van der Waals surface area contributed by atoms with Gasteiger partial charge in [0.2, 0.25) is 5.91 Å². The van der Waals surface area contributed by atoms with Crippen molar-refractivity contribution in [3.8, 4) is 0 Å². The van der Waals surface area contributed by atoms with Gasteiger partial charge in [0.05, 0.1) is 6.54 Å². The van der Waals surface area contributed by atoms with Gasteiger partial charge in [-0.05, 0) is 39.3 Å². The van der Waals surface area contributed by atoms with Crippen LogP contribution in [0.1, 0.15) is 33.3 Å². The lowest BCUT2D eigenvalue weighted by molar-refractivity contribution is -0.119. The zero-order valence-electron chi connectivity index (χ0n) is 13.3. The summed E-state index contributed by atoms with van der Waals surface area (Å²) in [5, 5.41) is 6.18. The SMILES string of the molecule is CCN(CC(=O)NC)c1ccccc1CNC(C)(C)C. The van der Waals surface area contributed by atoms with Gasteiger partial charge in [0.1, 0.15) is 0 Å². The van der Waals surface area contributed by atoms with Gasteiger partial charge in [-0.25, -0.2) is 0 Å². The van der Waals surface area contributed by atoms with Gasteiger partial charge in [0.15, 0.2) is 0 Å². The van der Waals surface area contributed by atoms with E-state index in [9.17, 15) is 4.79 Å². The van der Waals surface area contributed by atoms with E-state index in [0.29, 0.717) is 6.54 Å². The van der Waals surface area contributed by atoms with E-state index < -0.39 is 0 Å². The lowest BCUT2D eigenvalue weighted by Gasteiger charge is -2.27. The predicted molar refractivity (Wildman–Crippen MR) is 85.0 cm³/mol. The molecule has 1 amide bonds. The zero-order valence-corrected chi connectivity index (χ0v) is 13.3. The Morgan fingerprint density at radius 3 is 2.45 bits per heavy atom. The minimum atomic E-state index is 0.0328. The Morgan fingerprint density at radius 1 is 1.25 bits per heavy atom. The average molecular weight is 277 g/mol. The second-order valence-electron chi connectivity index (χ2n) is 5.92. The van der Waals surface area contributed by atoms with Crippen LogP contribution >= 0.6 is 0 Å². The molecule has 0 radical (unpaired) electrons. The number of carbonyl (C=O) groups excluding carboxylic acids is 1. The van der Waals surface area contributed by atoms with E-state index in [2.05, 4.69) is 55.4 Å². The first-order valence-electron chi connectivity index (χ1n) is 7.16. The smallest absolute Gasteiger partial charge is 0.239 e. The zero-order chi connectivity index (χ0) is 15.2. The van der Waals surface area contributed by atoms with Gasteiger partial charge < -0.3 is 15.5 Å². The number of rotatable bonds is 6. The molecular weight excluding hydrogens is 250 g/mol. The molecule has 0 spiro atoms. The van der Waals surface area contributed by atoms with Crippen molar-refractivity contribution in [2.75, 3.05) is 25.0 Å². The molecule has 2 N–H and O–H groups in total. The van der Waals surface area contributed by atoms with Crippen LogP contribution in [0.3, 0.4) is 0 Å². The number of hydrogen-bond acceptors (Lipinski definition) is 3. The van der Waals surface area contributed by atoms with Gasteiger partial charge >= 0.3 is 0 Å². The molecule has 4 heteroatoms. The summed E-state index contributed by atoms with van der Waals surface area (Å²) in [5.74, 6) is 0.0328. The topological polar surface area (TPSA) is 44.4 Å². The Balaban J connectivity index is 2.89. The van der Waals surface area contributed by atoms with Crippen LogP contribution in [-0.2, 0) is 11.3 Å². The molecule has 0 fully saturated rings. The van der Waals surface area contributed by atoms with Gasteiger partial charge in [0, 0.05) is 31.4 Å². The first kappa shape index (κ1) is 16.5. The molecule has 0 aromatic heterocycles. The molecular formula is C16H27N3O. The highest BCUT2D eigenvalue weighted by molar-refractivity contribution is 5.81. The van der Waals surface area contributed by atoms with Crippen LogP contribution in [0.4, 0.5) is 5.69 Å². The molecule has 1 aromatic rings. The summed E-state index contributed by atoms with van der Waals surface area (Å²) in [7, 11) is 1.67. The molecule has 0 aliphatic heterocycles. The lowest BCUT2D eigenvalue weighted by Crippen LogP contribution is -2.38. The van der Waals surface area contributed by atoms with E-state index in [1.807, 2.05) is 12.1 Å². The number of anilines is 1. The number of nitrogens with one attached hydrogen (secondary N) is 2. The molecule has 112 valence electrons. The molecule has 0 saturated carbocycles. The Kier molecular flexibility index (Phi) is 6.02. The van der Waals surface area contributed by atoms with Crippen LogP contribution in [0.15, 0.2) is 24.3 Å². The molecule has 0 heterocycles. The lowest BCUT2D eigenvalue weighted by atomic mass is 10.1. The molecule has 4 nitrogen and oxygen atoms in total. The maximum Gasteiger partial charge on any atom is 0.239 e. The van der Waals surface area contributed by atoms with Crippen molar-refractivity contribution in [2.24, 2.45) is 0 Å². The van der Waals surface area contributed by atoms with Crippen molar-refractivity contribution in [1.29, 1.82) is 0 Å². The minimum Gasteiger partial charge on any atom is -0.362 e. The molecule has 20 heavy (non-hydrogen) atoms. The molecule has 0 aliphatic carbocycles. The average Bonchev–Trinajstić information content (AvgIpc) is 2.42. The number of para-hydroxylation sites is 1. The summed E-state index contributed by atoms with van der Waals surface area (Å²) in [4.78, 5) is 13.7. The molecule has 0 bridgehead atoms. The summed E-state index contributed by atoms with van der Waals surface area (Å²) in [6.07, 6.45) is 0. The van der Waals surface area contributed by atoms with Gasteiger partial charge in [-0.3, -0.25) is 4.79 Å².